The molecule has 1 rings (SSSR count). The van der Waals surface area contributed by atoms with Gasteiger partial charge in [-0.05, 0) is 0 Å². The fourth-order valence-electron chi connectivity index (χ4n) is 0.813. The van der Waals surface area contributed by atoms with Crippen molar-refractivity contribution < 1.29 is 7.67 Å². The van der Waals surface area contributed by atoms with E-state index in [0.717, 1.165) is 19.4 Å². The van der Waals surface area contributed by atoms with Gasteiger partial charge in [0.15, 0.2) is 0 Å². The van der Waals surface area contributed by atoms with E-state index < -0.39 is 14.0 Å². The summed E-state index contributed by atoms with van der Waals surface area (Å²) in [6.07, 6.45) is 2.07. The van der Waals surface area contributed by atoms with Gasteiger partial charge in [0.05, 0.1) is 0 Å². The molecule has 54 valence electrons. The maximum absolute atomic E-state index is 10.3. The number of nitrogens with zero attached hydrogens (tertiary/aromatic N) is 1. The molecule has 0 aromatic carbocycles. The van der Waals surface area contributed by atoms with E-state index in [0.29, 0.717) is 6.54 Å². The summed E-state index contributed by atoms with van der Waals surface area (Å²) in [6.45, 7) is 1.46. The summed E-state index contributed by atoms with van der Waals surface area (Å²) >= 11 is -3.09. The summed E-state index contributed by atoms with van der Waals surface area (Å²) in [5, 5.41) is 0. The molecule has 9 heavy (non-hydrogen) atoms. The maximum atomic E-state index is 10.3. The van der Waals surface area contributed by atoms with E-state index in [2.05, 4.69) is 5.43 Å². The van der Waals surface area contributed by atoms with Gasteiger partial charge in [0.2, 0.25) is 0 Å². The molecule has 0 radical (unpaired) electrons. The van der Waals surface area contributed by atoms with Crippen LogP contribution in [0.3, 0.4) is 0 Å². The van der Waals surface area contributed by atoms with Crippen LogP contribution in [0.15, 0.2) is 0 Å². The van der Waals surface area contributed by atoms with Crippen LogP contribution in [0.1, 0.15) is 12.8 Å². The van der Waals surface area contributed by atoms with Gasteiger partial charge in [-0.15, -0.1) is 0 Å². The van der Waals surface area contributed by atoms with E-state index in [4.69, 9.17) is 0 Å². The molecule has 5 heteroatoms. The molecule has 4 nitrogen and oxygen atoms in total. The van der Waals surface area contributed by atoms with Gasteiger partial charge in [0, 0.05) is 0 Å². The zero-order valence-corrected chi connectivity index (χ0v) is 6.92. The van der Waals surface area contributed by atoms with Gasteiger partial charge in [0.25, 0.3) is 0 Å². The summed E-state index contributed by atoms with van der Waals surface area (Å²) in [7, 11) is 0. The summed E-state index contributed by atoms with van der Waals surface area (Å²) in [6, 6.07) is 0. The first-order valence-corrected chi connectivity index (χ1v) is 5.33. The van der Waals surface area contributed by atoms with Crippen LogP contribution in [0.5, 0.6) is 0 Å². The molecule has 0 unspecified atom stereocenters. The van der Waals surface area contributed by atoms with Crippen LogP contribution < -0.4 is 5.43 Å². The molecular formula is C4H10N2O2Se. The average molecular weight is 197 g/mol. The predicted molar refractivity (Wildman–Crippen MR) is 32.5 cm³/mol. The van der Waals surface area contributed by atoms with Crippen molar-refractivity contribution in [2.45, 2.75) is 12.8 Å². The second kappa shape index (κ2) is 3.27. The fourth-order valence-corrected chi connectivity index (χ4v) is 1.90. The molecule has 1 aliphatic rings. The van der Waals surface area contributed by atoms with Gasteiger partial charge in [0.1, 0.15) is 0 Å². The molecular weight excluding hydrogens is 187 g/mol. The van der Waals surface area contributed by atoms with Crippen molar-refractivity contribution in [2.24, 2.45) is 0 Å². The van der Waals surface area contributed by atoms with Gasteiger partial charge >= 0.3 is 57.0 Å². The van der Waals surface area contributed by atoms with Gasteiger partial charge in [-0.1, -0.05) is 0 Å². The van der Waals surface area contributed by atoms with E-state index in [9.17, 15) is 7.67 Å². The fraction of sp³-hybridized carbons (Fsp3) is 1.00. The Morgan fingerprint density at radius 3 is 2.44 bits per heavy atom. The van der Waals surface area contributed by atoms with Crippen molar-refractivity contribution in [3.8, 4) is 0 Å². The van der Waals surface area contributed by atoms with Crippen molar-refractivity contribution >= 4 is 14.0 Å². The van der Waals surface area contributed by atoms with Crippen LogP contribution in [0.4, 0.5) is 0 Å². The van der Waals surface area contributed by atoms with Crippen LogP contribution in [0.25, 0.3) is 0 Å². The van der Waals surface area contributed by atoms with E-state index in [1.807, 2.05) is 0 Å². The Balaban J connectivity index is 2.40. The monoisotopic (exact) mass is 198 g/mol. The SMILES string of the molecule is O=[SeH](=O)N1CCCCN1. The zero-order valence-electron chi connectivity index (χ0n) is 5.04. The first-order valence-electron chi connectivity index (χ1n) is 2.96. The van der Waals surface area contributed by atoms with Gasteiger partial charge in [-0.2, -0.15) is 0 Å². The normalized spacial score (nSPS) is 22.8. The number of hydrogen-bond acceptors (Lipinski definition) is 3. The molecule has 1 aliphatic heterocycles. The molecule has 1 saturated heterocycles. The number of hydrogen-bond donors (Lipinski definition) is 1. The van der Waals surface area contributed by atoms with Gasteiger partial charge < -0.3 is 0 Å². The molecule has 0 spiro atoms. The van der Waals surface area contributed by atoms with E-state index >= 15 is 0 Å². The van der Waals surface area contributed by atoms with Crippen LogP contribution in [-0.2, 0) is 7.67 Å². The number of hydrazine groups is 1. The third-order valence-corrected chi connectivity index (χ3v) is 2.83. The molecule has 1 heterocycles. The summed E-state index contributed by atoms with van der Waals surface area (Å²) in [4.78, 5) is 0. The first-order chi connectivity index (χ1) is 4.30. The topological polar surface area (TPSA) is 49.4 Å². The predicted octanol–water partition coefficient (Wildman–Crippen LogP) is -0.835. The molecule has 0 aliphatic carbocycles. The van der Waals surface area contributed by atoms with Gasteiger partial charge in [-0.3, -0.25) is 0 Å². The second-order valence-electron chi connectivity index (χ2n) is 1.98. The molecule has 0 amide bonds. The van der Waals surface area contributed by atoms with Crippen LogP contribution >= 0.6 is 0 Å². The summed E-state index contributed by atoms with van der Waals surface area (Å²) in [5.41, 5.74) is 2.79. The molecule has 0 aromatic heterocycles. The van der Waals surface area contributed by atoms with Crippen molar-refractivity contribution in [3.05, 3.63) is 0 Å². The molecule has 0 saturated carbocycles. The van der Waals surface area contributed by atoms with Gasteiger partial charge in [-0.25, -0.2) is 0 Å². The van der Waals surface area contributed by atoms with Crippen LogP contribution in [0, 0.1) is 0 Å². The van der Waals surface area contributed by atoms with Crippen LogP contribution in [-0.4, -0.2) is 31.1 Å². The third kappa shape index (κ3) is 2.02. The Morgan fingerprint density at radius 2 is 2.11 bits per heavy atom. The second-order valence-corrected chi connectivity index (χ2v) is 3.99. The van der Waals surface area contributed by atoms with Crippen molar-refractivity contribution in [2.75, 3.05) is 13.1 Å². The van der Waals surface area contributed by atoms with E-state index in [1.54, 1.807) is 0 Å². The van der Waals surface area contributed by atoms with E-state index in [-0.39, 0.29) is 0 Å². The summed E-state index contributed by atoms with van der Waals surface area (Å²) in [5.74, 6) is 0. The quantitative estimate of drug-likeness (QED) is 0.557. The Morgan fingerprint density at radius 1 is 1.33 bits per heavy atom. The minimum atomic E-state index is -3.09. The molecule has 0 atom stereocenters. The van der Waals surface area contributed by atoms with E-state index in [1.165, 1.54) is 4.03 Å². The molecule has 0 aromatic rings. The molecule has 1 N–H and O–H groups in total. The Hall–Kier alpha value is 0.0395. The molecule has 0 bridgehead atoms. The van der Waals surface area contributed by atoms with Crippen molar-refractivity contribution in [3.63, 3.8) is 0 Å². The Labute approximate surface area is 57.7 Å². The minimum absolute atomic E-state index is 0.660. The Kier molecular flexibility index (Phi) is 2.60. The van der Waals surface area contributed by atoms with Crippen molar-refractivity contribution in [1.29, 1.82) is 0 Å². The molecule has 1 fully saturated rings. The standard InChI is InChI=1S/C4H10N2O2Se/c7-9(8)6-4-2-1-3-5-6/h5,9H,1-4H2. The van der Waals surface area contributed by atoms with Crippen LogP contribution in [0.2, 0.25) is 0 Å². The first kappa shape index (κ1) is 7.15. The Bertz CT molecular complexity index is 143. The number of nitrogens with one attached hydrogen (secondary N) is 1. The average Bonchev–Trinajstić information content (AvgIpc) is 1.90. The third-order valence-electron chi connectivity index (χ3n) is 1.29. The number of rotatable bonds is 1. The summed E-state index contributed by atoms with van der Waals surface area (Å²) < 4.78 is 22.0. The zero-order chi connectivity index (χ0) is 6.69. The van der Waals surface area contributed by atoms with Crippen molar-refractivity contribution in [1.82, 2.24) is 9.45 Å².